The SMILES string of the molecule is CC(=O)N[C@H](C(=O)N[C@@H](CCC(N)=O)C(=O)N[C@H](Cc1ccc(Cl)cc1)C(=O)N1Cc2ccccc2C[C@H]1C(N)=O)C(C)C. The number of nitrogens with zero attached hydrogens (tertiary/aromatic N) is 1. The van der Waals surface area contributed by atoms with Crippen LogP contribution in [0, 0.1) is 5.92 Å². The van der Waals surface area contributed by atoms with Crippen molar-refractivity contribution in [3.8, 4) is 0 Å². The van der Waals surface area contributed by atoms with Gasteiger partial charge < -0.3 is 32.3 Å². The number of hydrogen-bond donors (Lipinski definition) is 5. The number of hydrogen-bond acceptors (Lipinski definition) is 6. The Kier molecular flexibility index (Phi) is 11.9. The minimum Gasteiger partial charge on any atom is -0.370 e. The van der Waals surface area contributed by atoms with Crippen molar-refractivity contribution in [2.24, 2.45) is 17.4 Å². The lowest BCUT2D eigenvalue weighted by Crippen LogP contribution is -2.60. The molecule has 4 atom stereocenters. The van der Waals surface area contributed by atoms with Gasteiger partial charge in [-0.25, -0.2) is 0 Å². The molecule has 12 nitrogen and oxygen atoms in total. The molecule has 0 aliphatic carbocycles. The highest BCUT2D eigenvalue weighted by Crippen LogP contribution is 2.25. The molecule has 2 aromatic carbocycles. The first-order chi connectivity index (χ1) is 20.8. The number of benzene rings is 2. The smallest absolute Gasteiger partial charge is 0.246 e. The zero-order chi connectivity index (χ0) is 32.6. The molecule has 1 aliphatic heterocycles. The van der Waals surface area contributed by atoms with Gasteiger partial charge in [-0.3, -0.25) is 28.8 Å². The number of primary amides is 2. The fraction of sp³-hybridized carbons (Fsp3) is 0.419. The Morgan fingerprint density at radius 3 is 2.07 bits per heavy atom. The zero-order valence-corrected chi connectivity index (χ0v) is 25.7. The topological polar surface area (TPSA) is 194 Å². The molecule has 0 saturated heterocycles. The molecule has 0 unspecified atom stereocenters. The Morgan fingerprint density at radius 2 is 1.50 bits per heavy atom. The van der Waals surface area contributed by atoms with Crippen molar-refractivity contribution < 1.29 is 28.8 Å². The third-order valence-corrected chi connectivity index (χ3v) is 7.70. The van der Waals surface area contributed by atoms with E-state index in [9.17, 15) is 28.8 Å². The zero-order valence-electron chi connectivity index (χ0n) is 25.0. The van der Waals surface area contributed by atoms with Crippen LogP contribution in [0.5, 0.6) is 0 Å². The molecule has 44 heavy (non-hydrogen) atoms. The van der Waals surface area contributed by atoms with E-state index in [4.69, 9.17) is 23.1 Å². The predicted octanol–water partition coefficient (Wildman–Crippen LogP) is 0.717. The largest absolute Gasteiger partial charge is 0.370 e. The first-order valence-corrected chi connectivity index (χ1v) is 14.7. The number of halogens is 1. The summed E-state index contributed by atoms with van der Waals surface area (Å²) in [6.45, 7) is 4.83. The molecule has 0 fully saturated rings. The van der Waals surface area contributed by atoms with E-state index in [2.05, 4.69) is 16.0 Å². The Morgan fingerprint density at radius 1 is 0.886 bits per heavy atom. The highest BCUT2D eigenvalue weighted by Gasteiger charge is 2.38. The summed E-state index contributed by atoms with van der Waals surface area (Å²) in [6.07, 6.45) is -0.133. The van der Waals surface area contributed by atoms with E-state index in [1.54, 1.807) is 38.1 Å². The van der Waals surface area contributed by atoms with Gasteiger partial charge in [0.15, 0.2) is 0 Å². The first-order valence-electron chi connectivity index (χ1n) is 14.3. The summed E-state index contributed by atoms with van der Waals surface area (Å²) in [5.41, 5.74) is 13.5. The van der Waals surface area contributed by atoms with Gasteiger partial charge in [0.05, 0.1) is 0 Å². The van der Waals surface area contributed by atoms with E-state index in [-0.39, 0.29) is 38.1 Å². The molecule has 0 radical (unpaired) electrons. The highest BCUT2D eigenvalue weighted by molar-refractivity contribution is 6.30. The molecule has 6 amide bonds. The van der Waals surface area contributed by atoms with Gasteiger partial charge in [0.1, 0.15) is 24.2 Å². The van der Waals surface area contributed by atoms with E-state index < -0.39 is 59.6 Å². The number of carbonyl (C=O) groups excluding carboxylic acids is 6. The minimum absolute atomic E-state index is 0.0301. The molecule has 13 heteroatoms. The molecule has 236 valence electrons. The normalized spacial score (nSPS) is 16.2. The van der Waals surface area contributed by atoms with Crippen LogP contribution in [-0.4, -0.2) is 64.5 Å². The maximum atomic E-state index is 14.1. The Hall–Kier alpha value is -4.45. The average molecular weight is 627 g/mol. The summed E-state index contributed by atoms with van der Waals surface area (Å²) in [7, 11) is 0. The van der Waals surface area contributed by atoms with Crippen molar-refractivity contribution in [2.45, 2.75) is 77.2 Å². The number of nitrogens with one attached hydrogen (secondary N) is 3. The Labute approximate surface area is 261 Å². The van der Waals surface area contributed by atoms with Gasteiger partial charge >= 0.3 is 0 Å². The average Bonchev–Trinajstić information content (AvgIpc) is 2.97. The van der Waals surface area contributed by atoms with Crippen molar-refractivity contribution in [1.29, 1.82) is 0 Å². The fourth-order valence-corrected chi connectivity index (χ4v) is 5.23. The van der Waals surface area contributed by atoms with Crippen molar-refractivity contribution >= 4 is 47.0 Å². The van der Waals surface area contributed by atoms with E-state index in [1.165, 1.54) is 11.8 Å². The number of rotatable bonds is 13. The van der Waals surface area contributed by atoms with Crippen LogP contribution in [0.15, 0.2) is 48.5 Å². The molecule has 3 rings (SSSR count). The van der Waals surface area contributed by atoms with Gasteiger partial charge in [-0.1, -0.05) is 61.8 Å². The minimum atomic E-state index is -1.26. The van der Waals surface area contributed by atoms with Crippen LogP contribution >= 0.6 is 11.6 Å². The van der Waals surface area contributed by atoms with Gasteiger partial charge in [-0.05, 0) is 41.2 Å². The van der Waals surface area contributed by atoms with E-state index >= 15 is 0 Å². The van der Waals surface area contributed by atoms with Gasteiger partial charge in [0.25, 0.3) is 0 Å². The number of fused-ring (bicyclic) bond motifs is 1. The van der Waals surface area contributed by atoms with Crippen molar-refractivity contribution in [2.75, 3.05) is 0 Å². The second-order valence-corrected chi connectivity index (χ2v) is 11.7. The lowest BCUT2D eigenvalue weighted by atomic mass is 9.92. The lowest BCUT2D eigenvalue weighted by Gasteiger charge is -2.37. The maximum absolute atomic E-state index is 14.1. The van der Waals surface area contributed by atoms with Crippen LogP contribution in [0.4, 0.5) is 0 Å². The maximum Gasteiger partial charge on any atom is 0.246 e. The fourth-order valence-electron chi connectivity index (χ4n) is 5.11. The molecule has 0 saturated carbocycles. The van der Waals surface area contributed by atoms with E-state index in [0.29, 0.717) is 10.6 Å². The number of nitrogens with two attached hydrogens (primary N) is 2. The van der Waals surface area contributed by atoms with Gasteiger partial charge in [-0.15, -0.1) is 0 Å². The van der Waals surface area contributed by atoms with E-state index in [1.807, 2.05) is 24.3 Å². The third-order valence-electron chi connectivity index (χ3n) is 7.45. The van der Waals surface area contributed by atoms with Crippen molar-refractivity contribution in [3.05, 3.63) is 70.2 Å². The summed E-state index contributed by atoms with van der Waals surface area (Å²) in [5, 5.41) is 8.38. The van der Waals surface area contributed by atoms with Gasteiger partial charge in [0, 0.05) is 37.8 Å². The molecular weight excluding hydrogens is 588 g/mol. The van der Waals surface area contributed by atoms with Crippen LogP contribution < -0.4 is 27.4 Å². The van der Waals surface area contributed by atoms with Gasteiger partial charge in [0.2, 0.25) is 35.4 Å². The number of carbonyl (C=O) groups is 6. The van der Waals surface area contributed by atoms with E-state index in [0.717, 1.165) is 11.1 Å². The standard InChI is InChI=1S/C31H39ClN6O6/c1-17(2)27(35-18(3)39)30(43)36-23(12-13-26(33)40)29(42)37-24(14-19-8-10-22(32)11-9-19)31(44)38-16-21-7-5-4-6-20(21)15-25(38)28(34)41/h4-11,17,23-25,27H,12-16H2,1-3H3,(H2,33,40)(H2,34,41)(H,35,39)(H,36,43)(H,37,42)/t23-,24+,25-,27-/m0/s1. The molecule has 7 N–H and O–H groups in total. The summed E-state index contributed by atoms with van der Waals surface area (Å²) < 4.78 is 0. The van der Waals surface area contributed by atoms with Crippen LogP contribution in [0.3, 0.4) is 0 Å². The summed E-state index contributed by atoms with van der Waals surface area (Å²) in [6, 6.07) is 9.76. The highest BCUT2D eigenvalue weighted by atomic mass is 35.5. The summed E-state index contributed by atoms with van der Waals surface area (Å²) in [4.78, 5) is 78.1. The van der Waals surface area contributed by atoms with Crippen molar-refractivity contribution in [1.82, 2.24) is 20.9 Å². The molecule has 0 spiro atoms. The molecule has 1 heterocycles. The summed E-state index contributed by atoms with van der Waals surface area (Å²) in [5.74, 6) is -4.06. The van der Waals surface area contributed by atoms with Crippen LogP contribution in [0.2, 0.25) is 5.02 Å². The second-order valence-electron chi connectivity index (χ2n) is 11.2. The monoisotopic (exact) mass is 626 g/mol. The predicted molar refractivity (Wildman–Crippen MR) is 164 cm³/mol. The molecule has 2 aromatic rings. The third kappa shape index (κ3) is 9.27. The van der Waals surface area contributed by atoms with Crippen LogP contribution in [0.1, 0.15) is 50.3 Å². The lowest BCUT2D eigenvalue weighted by molar-refractivity contribution is -0.144. The first kappa shape index (κ1) is 34.0. The molecular formula is C31H39ClN6O6. The quantitative estimate of drug-likeness (QED) is 0.217. The molecule has 0 bridgehead atoms. The van der Waals surface area contributed by atoms with Crippen molar-refractivity contribution in [3.63, 3.8) is 0 Å². The second kappa shape index (κ2) is 15.3. The van der Waals surface area contributed by atoms with Crippen LogP contribution in [0.25, 0.3) is 0 Å². The molecule has 1 aliphatic rings. The Balaban J connectivity index is 1.93. The van der Waals surface area contributed by atoms with Crippen LogP contribution in [-0.2, 0) is 48.2 Å². The Bertz CT molecular complexity index is 1400. The van der Waals surface area contributed by atoms with Gasteiger partial charge in [-0.2, -0.15) is 0 Å². The summed E-state index contributed by atoms with van der Waals surface area (Å²) >= 11 is 6.05. The molecule has 0 aromatic heterocycles. The number of amides is 6.